The highest BCUT2D eigenvalue weighted by Crippen LogP contribution is 2.40. The molecule has 4 rings (SSSR count). The van der Waals surface area contributed by atoms with Gasteiger partial charge in [-0.05, 0) is 39.0 Å². The number of aryl methyl sites for hydroxylation is 2. The molecular weight excluding hydrogens is 338 g/mol. The second-order valence-corrected chi connectivity index (χ2v) is 8.15. The predicted octanol–water partition coefficient (Wildman–Crippen LogP) is 2.40. The maximum atomic E-state index is 6.12. The Hall–Kier alpha value is -1.80. The number of nitrogens with zero attached hydrogens (tertiary/aromatic N) is 5. The van der Waals surface area contributed by atoms with E-state index in [-0.39, 0.29) is 5.60 Å². The standard InChI is InChI=1S/C17H23N5O2S/c1-12-8-18-9-15(19-12)23-5-3-14-4-6-24-17(7-14)10-22(11-17)16-21-20-13(2)25-16/h8-9,14H,3-7,10-11H2,1-2H3. The van der Waals surface area contributed by atoms with Crippen molar-refractivity contribution in [2.45, 2.75) is 38.7 Å². The summed E-state index contributed by atoms with van der Waals surface area (Å²) in [6.07, 6.45) is 6.62. The summed E-state index contributed by atoms with van der Waals surface area (Å²) in [7, 11) is 0. The molecule has 0 bridgehead atoms. The van der Waals surface area contributed by atoms with Crippen LogP contribution < -0.4 is 9.64 Å². The van der Waals surface area contributed by atoms with Crippen molar-refractivity contribution in [3.63, 3.8) is 0 Å². The van der Waals surface area contributed by atoms with Gasteiger partial charge in [-0.3, -0.25) is 4.98 Å². The minimum atomic E-state index is -0.00830. The van der Waals surface area contributed by atoms with Gasteiger partial charge in [-0.15, -0.1) is 10.2 Å². The fourth-order valence-electron chi connectivity index (χ4n) is 3.63. The van der Waals surface area contributed by atoms with Gasteiger partial charge >= 0.3 is 0 Å². The van der Waals surface area contributed by atoms with Crippen LogP contribution in [0.5, 0.6) is 5.88 Å². The lowest BCUT2D eigenvalue weighted by atomic mass is 9.79. The van der Waals surface area contributed by atoms with Crippen LogP contribution in [0.1, 0.15) is 30.0 Å². The van der Waals surface area contributed by atoms with Gasteiger partial charge in [0.15, 0.2) is 0 Å². The van der Waals surface area contributed by atoms with E-state index in [9.17, 15) is 0 Å². The molecule has 8 heteroatoms. The highest BCUT2D eigenvalue weighted by Gasteiger charge is 2.48. The molecule has 25 heavy (non-hydrogen) atoms. The van der Waals surface area contributed by atoms with Crippen molar-refractivity contribution in [1.82, 2.24) is 20.2 Å². The van der Waals surface area contributed by atoms with Gasteiger partial charge in [0.1, 0.15) is 10.6 Å². The second-order valence-electron chi connectivity index (χ2n) is 6.99. The molecule has 0 amide bonds. The Balaban J connectivity index is 1.26. The fourth-order valence-corrected chi connectivity index (χ4v) is 4.32. The Morgan fingerprint density at radius 1 is 1.32 bits per heavy atom. The zero-order valence-corrected chi connectivity index (χ0v) is 15.5. The Bertz CT molecular complexity index is 731. The molecule has 0 N–H and O–H groups in total. The van der Waals surface area contributed by atoms with Crippen LogP contribution in [0.2, 0.25) is 0 Å². The van der Waals surface area contributed by atoms with Gasteiger partial charge in [0.05, 0.1) is 31.6 Å². The molecule has 2 saturated heterocycles. The first-order chi connectivity index (χ1) is 12.1. The molecule has 2 fully saturated rings. The van der Waals surface area contributed by atoms with E-state index in [2.05, 4.69) is 25.1 Å². The minimum absolute atomic E-state index is 0.00830. The SMILES string of the molecule is Cc1cncc(OCCC2CCOC3(C2)CN(c2nnc(C)s2)C3)n1. The highest BCUT2D eigenvalue weighted by atomic mass is 32.1. The van der Waals surface area contributed by atoms with E-state index in [1.165, 1.54) is 0 Å². The van der Waals surface area contributed by atoms with Crippen molar-refractivity contribution >= 4 is 16.5 Å². The summed E-state index contributed by atoms with van der Waals surface area (Å²) < 4.78 is 11.9. The molecule has 1 unspecified atom stereocenters. The van der Waals surface area contributed by atoms with Gasteiger partial charge < -0.3 is 14.4 Å². The van der Waals surface area contributed by atoms with Crippen LogP contribution in [0, 0.1) is 19.8 Å². The largest absolute Gasteiger partial charge is 0.477 e. The first-order valence-electron chi connectivity index (χ1n) is 8.72. The average molecular weight is 361 g/mol. The van der Waals surface area contributed by atoms with Gasteiger partial charge in [0, 0.05) is 12.8 Å². The molecule has 2 aliphatic rings. The number of anilines is 1. The smallest absolute Gasteiger partial charge is 0.232 e. The highest BCUT2D eigenvalue weighted by molar-refractivity contribution is 7.15. The van der Waals surface area contributed by atoms with Crippen LogP contribution in [0.4, 0.5) is 5.13 Å². The first kappa shape index (κ1) is 16.7. The van der Waals surface area contributed by atoms with E-state index in [0.29, 0.717) is 18.4 Å². The molecule has 134 valence electrons. The zero-order chi connectivity index (χ0) is 17.3. The van der Waals surface area contributed by atoms with E-state index < -0.39 is 0 Å². The van der Waals surface area contributed by atoms with E-state index in [0.717, 1.165) is 54.8 Å². The van der Waals surface area contributed by atoms with Crippen molar-refractivity contribution in [3.8, 4) is 5.88 Å². The topological polar surface area (TPSA) is 73.3 Å². The number of rotatable bonds is 5. The van der Waals surface area contributed by atoms with E-state index in [4.69, 9.17) is 9.47 Å². The van der Waals surface area contributed by atoms with Gasteiger partial charge in [-0.2, -0.15) is 0 Å². The molecule has 0 aromatic carbocycles. The number of aromatic nitrogens is 4. The lowest BCUT2D eigenvalue weighted by molar-refractivity contribution is -0.115. The maximum absolute atomic E-state index is 6.12. The fraction of sp³-hybridized carbons (Fsp3) is 0.647. The molecule has 0 saturated carbocycles. The van der Waals surface area contributed by atoms with Crippen LogP contribution in [0.15, 0.2) is 12.4 Å². The average Bonchev–Trinajstić information content (AvgIpc) is 2.99. The van der Waals surface area contributed by atoms with Crippen LogP contribution in [0.3, 0.4) is 0 Å². The molecule has 2 aromatic heterocycles. The van der Waals surface area contributed by atoms with Gasteiger partial charge in [-0.1, -0.05) is 11.3 Å². The van der Waals surface area contributed by atoms with Crippen molar-refractivity contribution in [1.29, 1.82) is 0 Å². The summed E-state index contributed by atoms with van der Waals surface area (Å²) in [6, 6.07) is 0. The molecule has 1 atom stereocenters. The zero-order valence-electron chi connectivity index (χ0n) is 14.6. The normalized spacial score (nSPS) is 22.0. The maximum Gasteiger partial charge on any atom is 0.232 e. The molecular formula is C17H23N5O2S. The van der Waals surface area contributed by atoms with Crippen molar-refractivity contribution in [2.75, 3.05) is 31.2 Å². The molecule has 1 spiro atoms. The molecule has 7 nitrogen and oxygen atoms in total. The van der Waals surface area contributed by atoms with Crippen molar-refractivity contribution < 1.29 is 9.47 Å². The Labute approximate surface area is 151 Å². The molecule has 2 aromatic rings. The Morgan fingerprint density at radius 3 is 2.96 bits per heavy atom. The van der Waals surface area contributed by atoms with E-state index in [1.54, 1.807) is 23.7 Å². The van der Waals surface area contributed by atoms with Crippen molar-refractivity contribution in [2.24, 2.45) is 5.92 Å². The minimum Gasteiger partial charge on any atom is -0.477 e. The quantitative estimate of drug-likeness (QED) is 0.809. The monoisotopic (exact) mass is 361 g/mol. The summed E-state index contributed by atoms with van der Waals surface area (Å²) in [4.78, 5) is 10.7. The first-order valence-corrected chi connectivity index (χ1v) is 9.54. The van der Waals surface area contributed by atoms with Gasteiger partial charge in [0.2, 0.25) is 11.0 Å². The lowest BCUT2D eigenvalue weighted by Crippen LogP contribution is -2.65. The summed E-state index contributed by atoms with van der Waals surface area (Å²) in [5.41, 5.74) is 0.870. The Morgan fingerprint density at radius 2 is 2.20 bits per heavy atom. The predicted molar refractivity (Wildman–Crippen MR) is 95.1 cm³/mol. The number of ether oxygens (including phenoxy) is 2. The molecule has 0 radical (unpaired) electrons. The van der Waals surface area contributed by atoms with E-state index in [1.807, 2.05) is 13.8 Å². The van der Waals surface area contributed by atoms with Crippen LogP contribution >= 0.6 is 11.3 Å². The van der Waals surface area contributed by atoms with Crippen LogP contribution in [-0.2, 0) is 4.74 Å². The summed E-state index contributed by atoms with van der Waals surface area (Å²) >= 11 is 1.65. The Kier molecular flexibility index (Phi) is 4.56. The third-order valence-corrected chi connectivity index (χ3v) is 5.75. The summed E-state index contributed by atoms with van der Waals surface area (Å²) in [6.45, 7) is 7.26. The van der Waals surface area contributed by atoms with Crippen LogP contribution in [-0.4, -0.2) is 52.1 Å². The third kappa shape index (κ3) is 3.74. The molecule has 0 aliphatic carbocycles. The van der Waals surface area contributed by atoms with Crippen molar-refractivity contribution in [3.05, 3.63) is 23.1 Å². The van der Waals surface area contributed by atoms with E-state index >= 15 is 0 Å². The summed E-state index contributed by atoms with van der Waals surface area (Å²) in [5, 5.41) is 10.4. The number of hydrogen-bond donors (Lipinski definition) is 0. The van der Waals surface area contributed by atoms with Crippen LogP contribution in [0.25, 0.3) is 0 Å². The third-order valence-electron chi connectivity index (χ3n) is 4.85. The number of hydrogen-bond acceptors (Lipinski definition) is 8. The second kappa shape index (κ2) is 6.84. The molecule has 2 aliphatic heterocycles. The summed E-state index contributed by atoms with van der Waals surface area (Å²) in [5.74, 6) is 1.24. The molecule has 4 heterocycles. The lowest BCUT2D eigenvalue weighted by Gasteiger charge is -2.53. The van der Waals surface area contributed by atoms with Gasteiger partial charge in [0.25, 0.3) is 0 Å². The van der Waals surface area contributed by atoms with Gasteiger partial charge in [-0.25, -0.2) is 4.98 Å².